The monoisotopic (exact) mass is 230 g/mol. The number of benzene rings is 1. The third kappa shape index (κ3) is 6.75. The maximum Gasteiger partial charge on any atom is 0.0723 e. The van der Waals surface area contributed by atoms with E-state index in [1.54, 1.807) is 0 Å². The zero-order valence-corrected chi connectivity index (χ0v) is 10.5. The van der Waals surface area contributed by atoms with Crippen molar-refractivity contribution >= 4 is 6.08 Å². The standard InChI is InChI=1S/C16H22O/c1-2-3-5-13-16(17)14-9-8-12-15-10-6-4-7-11-15/h4,6-12,14,16-17H,2-3,5,13H2,1H3/b12-8+,14-9-. The van der Waals surface area contributed by atoms with Crippen molar-refractivity contribution in [3.63, 3.8) is 0 Å². The van der Waals surface area contributed by atoms with Gasteiger partial charge in [0, 0.05) is 0 Å². The molecule has 0 aliphatic heterocycles. The Morgan fingerprint density at radius 2 is 1.88 bits per heavy atom. The van der Waals surface area contributed by atoms with E-state index in [2.05, 4.69) is 19.1 Å². The van der Waals surface area contributed by atoms with Gasteiger partial charge in [0.25, 0.3) is 0 Å². The molecule has 17 heavy (non-hydrogen) atoms. The van der Waals surface area contributed by atoms with Crippen molar-refractivity contribution < 1.29 is 5.11 Å². The first-order valence-corrected chi connectivity index (χ1v) is 6.41. The van der Waals surface area contributed by atoms with Gasteiger partial charge in [0.1, 0.15) is 0 Å². The van der Waals surface area contributed by atoms with Gasteiger partial charge in [-0.2, -0.15) is 0 Å². The minimum atomic E-state index is -0.304. The molecule has 0 spiro atoms. The number of unbranched alkanes of at least 4 members (excludes halogenated alkanes) is 2. The molecule has 0 aliphatic carbocycles. The lowest BCUT2D eigenvalue weighted by Gasteiger charge is -2.03. The van der Waals surface area contributed by atoms with E-state index in [-0.39, 0.29) is 6.10 Å². The van der Waals surface area contributed by atoms with E-state index >= 15 is 0 Å². The van der Waals surface area contributed by atoms with Crippen LogP contribution in [-0.2, 0) is 0 Å². The molecular formula is C16H22O. The highest BCUT2D eigenvalue weighted by atomic mass is 16.3. The first-order valence-electron chi connectivity index (χ1n) is 6.41. The third-order valence-electron chi connectivity index (χ3n) is 2.64. The molecule has 1 unspecified atom stereocenters. The first-order chi connectivity index (χ1) is 8.33. The van der Waals surface area contributed by atoms with Gasteiger partial charge in [-0.15, -0.1) is 0 Å². The van der Waals surface area contributed by atoms with Crippen molar-refractivity contribution in [2.45, 2.75) is 38.7 Å². The quantitative estimate of drug-likeness (QED) is 0.550. The fraction of sp³-hybridized carbons (Fsp3) is 0.375. The number of hydrogen-bond donors (Lipinski definition) is 1. The average molecular weight is 230 g/mol. The van der Waals surface area contributed by atoms with E-state index in [1.807, 2.05) is 42.5 Å². The van der Waals surface area contributed by atoms with Crippen molar-refractivity contribution in [1.29, 1.82) is 0 Å². The Morgan fingerprint density at radius 3 is 2.59 bits per heavy atom. The summed E-state index contributed by atoms with van der Waals surface area (Å²) in [5.74, 6) is 0. The molecule has 0 heterocycles. The predicted molar refractivity (Wildman–Crippen MR) is 74.8 cm³/mol. The molecule has 1 heteroatoms. The summed E-state index contributed by atoms with van der Waals surface area (Å²) in [6.07, 6.45) is 11.8. The van der Waals surface area contributed by atoms with Crippen LogP contribution in [0.25, 0.3) is 6.08 Å². The van der Waals surface area contributed by atoms with E-state index in [1.165, 1.54) is 18.4 Å². The Bertz CT molecular complexity index is 338. The van der Waals surface area contributed by atoms with Gasteiger partial charge in [-0.1, -0.05) is 80.8 Å². The number of aliphatic hydroxyl groups excluding tert-OH is 1. The summed E-state index contributed by atoms with van der Waals surface area (Å²) in [5.41, 5.74) is 1.18. The molecule has 92 valence electrons. The molecule has 0 aromatic heterocycles. The topological polar surface area (TPSA) is 20.2 Å². The fourth-order valence-corrected chi connectivity index (χ4v) is 1.62. The number of aliphatic hydroxyl groups is 1. The fourth-order valence-electron chi connectivity index (χ4n) is 1.62. The van der Waals surface area contributed by atoms with Crippen LogP contribution in [0.4, 0.5) is 0 Å². The van der Waals surface area contributed by atoms with Crippen molar-refractivity contribution in [2.75, 3.05) is 0 Å². The van der Waals surface area contributed by atoms with Crippen molar-refractivity contribution in [1.82, 2.24) is 0 Å². The highest BCUT2D eigenvalue weighted by molar-refractivity contribution is 5.50. The van der Waals surface area contributed by atoms with Gasteiger partial charge in [0.15, 0.2) is 0 Å². The second kappa shape index (κ2) is 8.77. The summed E-state index contributed by atoms with van der Waals surface area (Å²) < 4.78 is 0. The number of hydrogen-bond acceptors (Lipinski definition) is 1. The minimum absolute atomic E-state index is 0.304. The Kier molecular flexibility index (Phi) is 7.08. The van der Waals surface area contributed by atoms with Crippen LogP contribution in [-0.4, -0.2) is 11.2 Å². The molecule has 1 atom stereocenters. The van der Waals surface area contributed by atoms with Crippen LogP contribution in [0.5, 0.6) is 0 Å². The molecule has 0 radical (unpaired) electrons. The lowest BCUT2D eigenvalue weighted by molar-refractivity contribution is 0.208. The van der Waals surface area contributed by atoms with Crippen LogP contribution < -0.4 is 0 Å². The Morgan fingerprint density at radius 1 is 1.12 bits per heavy atom. The predicted octanol–water partition coefficient (Wildman–Crippen LogP) is 4.20. The van der Waals surface area contributed by atoms with Crippen molar-refractivity contribution in [3.8, 4) is 0 Å². The second-order valence-electron chi connectivity index (χ2n) is 4.22. The smallest absolute Gasteiger partial charge is 0.0723 e. The molecule has 0 amide bonds. The third-order valence-corrected chi connectivity index (χ3v) is 2.64. The van der Waals surface area contributed by atoms with Gasteiger partial charge < -0.3 is 5.11 Å². The van der Waals surface area contributed by atoms with E-state index in [4.69, 9.17) is 0 Å². The Hall–Kier alpha value is -1.34. The maximum atomic E-state index is 9.65. The molecule has 1 aromatic rings. The molecule has 0 bridgehead atoms. The van der Waals surface area contributed by atoms with Crippen LogP contribution >= 0.6 is 0 Å². The summed E-state index contributed by atoms with van der Waals surface area (Å²) >= 11 is 0. The maximum absolute atomic E-state index is 9.65. The molecule has 0 saturated carbocycles. The molecule has 0 saturated heterocycles. The Labute approximate surface area is 104 Å². The summed E-state index contributed by atoms with van der Waals surface area (Å²) in [4.78, 5) is 0. The first kappa shape index (κ1) is 13.7. The van der Waals surface area contributed by atoms with E-state index in [9.17, 15) is 5.11 Å². The van der Waals surface area contributed by atoms with Crippen LogP contribution in [0, 0.1) is 0 Å². The van der Waals surface area contributed by atoms with Gasteiger partial charge in [-0.05, 0) is 12.0 Å². The van der Waals surface area contributed by atoms with E-state index < -0.39 is 0 Å². The normalized spacial score (nSPS) is 13.5. The van der Waals surface area contributed by atoms with Gasteiger partial charge in [-0.25, -0.2) is 0 Å². The summed E-state index contributed by atoms with van der Waals surface area (Å²) in [6.45, 7) is 2.17. The van der Waals surface area contributed by atoms with Crippen LogP contribution in [0.15, 0.2) is 48.6 Å². The lowest BCUT2D eigenvalue weighted by Crippen LogP contribution is -2.00. The van der Waals surface area contributed by atoms with Crippen LogP contribution in [0.1, 0.15) is 38.2 Å². The number of rotatable bonds is 7. The second-order valence-corrected chi connectivity index (χ2v) is 4.22. The molecule has 0 fully saturated rings. The minimum Gasteiger partial charge on any atom is -0.389 e. The lowest BCUT2D eigenvalue weighted by atomic mass is 10.1. The largest absolute Gasteiger partial charge is 0.389 e. The van der Waals surface area contributed by atoms with Crippen LogP contribution in [0.3, 0.4) is 0 Å². The molecule has 1 nitrogen and oxygen atoms in total. The Balaban J connectivity index is 2.27. The molecule has 0 aliphatic rings. The summed E-state index contributed by atoms with van der Waals surface area (Å²) in [5, 5.41) is 9.65. The van der Waals surface area contributed by atoms with Gasteiger partial charge >= 0.3 is 0 Å². The van der Waals surface area contributed by atoms with Gasteiger partial charge in [0.2, 0.25) is 0 Å². The molecule has 1 N–H and O–H groups in total. The zero-order chi connectivity index (χ0) is 12.3. The summed E-state index contributed by atoms with van der Waals surface area (Å²) in [7, 11) is 0. The molecule has 1 rings (SSSR count). The van der Waals surface area contributed by atoms with Gasteiger partial charge in [-0.3, -0.25) is 0 Å². The zero-order valence-electron chi connectivity index (χ0n) is 10.5. The molecule has 1 aromatic carbocycles. The van der Waals surface area contributed by atoms with Crippen molar-refractivity contribution in [2.24, 2.45) is 0 Å². The SMILES string of the molecule is CCCCCC(O)/C=C\C=C\c1ccccc1. The number of allylic oxidation sites excluding steroid dienone is 2. The van der Waals surface area contributed by atoms with E-state index in [0.717, 1.165) is 12.8 Å². The molecular weight excluding hydrogens is 208 g/mol. The van der Waals surface area contributed by atoms with Crippen LogP contribution in [0.2, 0.25) is 0 Å². The van der Waals surface area contributed by atoms with Gasteiger partial charge in [0.05, 0.1) is 6.10 Å². The average Bonchev–Trinajstić information content (AvgIpc) is 2.36. The highest BCUT2D eigenvalue weighted by Gasteiger charge is 1.96. The highest BCUT2D eigenvalue weighted by Crippen LogP contribution is 2.05. The van der Waals surface area contributed by atoms with E-state index in [0.29, 0.717) is 0 Å². The van der Waals surface area contributed by atoms with Crippen molar-refractivity contribution in [3.05, 3.63) is 54.1 Å². The summed E-state index contributed by atoms with van der Waals surface area (Å²) in [6, 6.07) is 10.2.